The number of hydrogen-bond donors (Lipinski definition) is 12. The van der Waals surface area contributed by atoms with Crippen LogP contribution in [0, 0.1) is 0 Å². The van der Waals surface area contributed by atoms with Gasteiger partial charge in [0.2, 0.25) is 5.91 Å². The average molecular weight is 1270 g/mol. The molecule has 518 valence electrons. The SMILES string of the molecule is CC/C=C\C/C=C\C/C=C\C/C=C\C/C=C\CCCC(=O)NC(COC1OC(CO)C(OC2OC(CO)C(OC3OC(CO)C(O)C(O)C3O)C(O)C2O)C(O)C1O)C(O)CCCCCCCCCCCCCCCCCCCCCCCCCCCCC. The molecule has 3 heterocycles. The van der Waals surface area contributed by atoms with Crippen molar-refractivity contribution in [2.45, 2.75) is 349 Å². The second kappa shape index (κ2) is 51.8. The number of unbranched alkanes of at least 4 members (excludes halogenated alkanes) is 27. The third-order valence-electron chi connectivity index (χ3n) is 17.4. The maximum atomic E-state index is 13.4. The second-order valence-electron chi connectivity index (χ2n) is 25.0. The Morgan fingerprint density at radius 3 is 1.17 bits per heavy atom. The van der Waals surface area contributed by atoms with Crippen LogP contribution in [0.5, 0.6) is 0 Å². The van der Waals surface area contributed by atoms with E-state index in [0.29, 0.717) is 25.7 Å². The molecule has 0 aliphatic carbocycles. The van der Waals surface area contributed by atoms with Gasteiger partial charge in [0.25, 0.3) is 0 Å². The topological polar surface area (TPSA) is 307 Å². The third kappa shape index (κ3) is 33.9. The lowest BCUT2D eigenvalue weighted by Gasteiger charge is -2.48. The molecule has 0 aromatic heterocycles. The van der Waals surface area contributed by atoms with E-state index in [1.54, 1.807) is 0 Å². The number of rotatable bonds is 53. The summed E-state index contributed by atoms with van der Waals surface area (Å²) >= 11 is 0. The summed E-state index contributed by atoms with van der Waals surface area (Å²) in [5.41, 5.74) is 0. The van der Waals surface area contributed by atoms with E-state index >= 15 is 0 Å². The zero-order valence-electron chi connectivity index (χ0n) is 54.6. The predicted octanol–water partition coefficient (Wildman–Crippen LogP) is 9.16. The van der Waals surface area contributed by atoms with Crippen LogP contribution in [-0.4, -0.2) is 193 Å². The minimum Gasteiger partial charge on any atom is -0.394 e. The molecule has 3 rings (SSSR count). The summed E-state index contributed by atoms with van der Waals surface area (Å²) in [7, 11) is 0. The summed E-state index contributed by atoms with van der Waals surface area (Å²) in [6.07, 6.45) is 36.0. The van der Waals surface area contributed by atoms with Crippen LogP contribution in [0.2, 0.25) is 0 Å². The molecule has 0 aromatic rings. The van der Waals surface area contributed by atoms with Crippen molar-refractivity contribution in [1.29, 1.82) is 0 Å². The Morgan fingerprint density at radius 1 is 0.416 bits per heavy atom. The van der Waals surface area contributed by atoms with Crippen molar-refractivity contribution < 1.29 is 89.4 Å². The second-order valence-corrected chi connectivity index (χ2v) is 25.0. The predicted molar refractivity (Wildman–Crippen MR) is 346 cm³/mol. The Labute approximate surface area is 535 Å². The number of amides is 1. The van der Waals surface area contributed by atoms with Crippen LogP contribution < -0.4 is 5.32 Å². The molecule has 19 heteroatoms. The molecule has 17 atom stereocenters. The Hall–Kier alpha value is -2.51. The molecule has 17 unspecified atom stereocenters. The smallest absolute Gasteiger partial charge is 0.220 e. The van der Waals surface area contributed by atoms with Gasteiger partial charge < -0.3 is 89.9 Å². The molecular weight excluding hydrogens is 1140 g/mol. The molecule has 0 aromatic carbocycles. The fourth-order valence-electron chi connectivity index (χ4n) is 11.7. The molecule has 12 N–H and O–H groups in total. The molecule has 0 radical (unpaired) electrons. The summed E-state index contributed by atoms with van der Waals surface area (Å²) in [6, 6.07) is -0.921. The van der Waals surface area contributed by atoms with Crippen LogP contribution in [0.3, 0.4) is 0 Å². The van der Waals surface area contributed by atoms with Gasteiger partial charge in [-0.25, -0.2) is 0 Å². The summed E-state index contributed by atoms with van der Waals surface area (Å²) in [6.45, 7) is 1.65. The van der Waals surface area contributed by atoms with Gasteiger partial charge in [0.1, 0.15) is 73.2 Å². The van der Waals surface area contributed by atoms with Crippen LogP contribution in [-0.2, 0) is 33.2 Å². The lowest BCUT2D eigenvalue weighted by molar-refractivity contribution is -0.379. The summed E-state index contributed by atoms with van der Waals surface area (Å²) in [5.74, 6) is -0.299. The number of aliphatic hydroxyl groups is 11. The van der Waals surface area contributed by atoms with Gasteiger partial charge in [0, 0.05) is 6.42 Å². The third-order valence-corrected chi connectivity index (χ3v) is 17.4. The first-order valence-electron chi connectivity index (χ1n) is 35.0. The van der Waals surface area contributed by atoms with Crippen molar-refractivity contribution in [2.24, 2.45) is 0 Å². The monoisotopic (exact) mass is 1270 g/mol. The van der Waals surface area contributed by atoms with E-state index in [1.807, 2.05) is 6.08 Å². The van der Waals surface area contributed by atoms with Gasteiger partial charge in [0.05, 0.1) is 38.6 Å². The van der Waals surface area contributed by atoms with Gasteiger partial charge in [-0.1, -0.05) is 248 Å². The van der Waals surface area contributed by atoms with Crippen LogP contribution in [0.1, 0.15) is 245 Å². The van der Waals surface area contributed by atoms with E-state index in [1.165, 1.54) is 148 Å². The highest BCUT2D eigenvalue weighted by Crippen LogP contribution is 2.33. The van der Waals surface area contributed by atoms with Crippen molar-refractivity contribution in [2.75, 3.05) is 26.4 Å². The fourth-order valence-corrected chi connectivity index (χ4v) is 11.7. The average Bonchev–Trinajstić information content (AvgIpc) is 2.22. The van der Waals surface area contributed by atoms with Crippen molar-refractivity contribution in [3.8, 4) is 0 Å². The number of carbonyl (C=O) groups excluding carboxylic acids is 1. The fraction of sp³-hybridized carbons (Fsp3) is 0.843. The number of aliphatic hydroxyl groups excluding tert-OH is 11. The largest absolute Gasteiger partial charge is 0.394 e. The van der Waals surface area contributed by atoms with E-state index in [0.717, 1.165) is 51.4 Å². The van der Waals surface area contributed by atoms with E-state index in [9.17, 15) is 61.0 Å². The lowest BCUT2D eigenvalue weighted by Crippen LogP contribution is -2.66. The van der Waals surface area contributed by atoms with Gasteiger partial charge in [-0.05, 0) is 51.4 Å². The Balaban J connectivity index is 1.43. The van der Waals surface area contributed by atoms with Crippen LogP contribution in [0.25, 0.3) is 0 Å². The minimum absolute atomic E-state index is 0.186. The maximum Gasteiger partial charge on any atom is 0.220 e. The number of carbonyl (C=O) groups is 1. The van der Waals surface area contributed by atoms with Gasteiger partial charge in [0.15, 0.2) is 18.9 Å². The quantitative estimate of drug-likeness (QED) is 0.0199. The Kier molecular flexibility index (Phi) is 47.0. The van der Waals surface area contributed by atoms with E-state index in [4.69, 9.17) is 28.4 Å². The first-order chi connectivity index (χ1) is 43.3. The molecule has 1 amide bonds. The van der Waals surface area contributed by atoms with E-state index in [-0.39, 0.29) is 18.9 Å². The van der Waals surface area contributed by atoms with Crippen molar-refractivity contribution >= 4 is 5.91 Å². The highest BCUT2D eigenvalue weighted by atomic mass is 16.8. The summed E-state index contributed by atoms with van der Waals surface area (Å²) < 4.78 is 34.4. The molecular formula is C70H125NO18. The van der Waals surface area contributed by atoms with Gasteiger partial charge >= 0.3 is 0 Å². The summed E-state index contributed by atoms with van der Waals surface area (Å²) in [5, 5.41) is 121. The number of allylic oxidation sites excluding steroid dienone is 10. The van der Waals surface area contributed by atoms with Gasteiger partial charge in [-0.15, -0.1) is 0 Å². The van der Waals surface area contributed by atoms with Crippen LogP contribution in [0.15, 0.2) is 60.8 Å². The molecule has 3 saturated heterocycles. The molecule has 19 nitrogen and oxygen atoms in total. The highest BCUT2D eigenvalue weighted by Gasteiger charge is 2.53. The molecule has 3 aliphatic heterocycles. The van der Waals surface area contributed by atoms with E-state index < -0.39 is 124 Å². The number of hydrogen-bond acceptors (Lipinski definition) is 18. The highest BCUT2D eigenvalue weighted by molar-refractivity contribution is 5.76. The maximum absolute atomic E-state index is 13.4. The number of ether oxygens (including phenoxy) is 6. The normalized spacial score (nSPS) is 28.6. The first kappa shape index (κ1) is 80.7. The molecule has 89 heavy (non-hydrogen) atoms. The van der Waals surface area contributed by atoms with Crippen molar-refractivity contribution in [3.05, 3.63) is 60.8 Å². The van der Waals surface area contributed by atoms with Crippen LogP contribution >= 0.6 is 0 Å². The van der Waals surface area contributed by atoms with Gasteiger partial charge in [-0.3, -0.25) is 4.79 Å². The Morgan fingerprint density at radius 2 is 0.764 bits per heavy atom. The standard InChI is InChI=1S/C70H125NO18/c1-3-5-7-9-11-13-15-17-19-21-22-23-24-25-26-27-28-29-30-32-33-35-37-39-41-43-45-47-54(75)53(71-58(76)48-46-44-42-40-38-36-34-31-20-18-16-14-12-10-8-6-4-2)52-84-68-64(82)61(79)66(56(50-73)86-68)89-70-65(83)62(80)67(57(51-74)87-70)88-69-63(81)60(78)59(77)55(49-72)85-69/h6,8,12,14,18,20,34,36,40,42,53-57,59-70,72-75,77-83H,3-5,7,9-11,13,15-17,19,21-33,35,37-39,41,43-52H2,1-2H3,(H,71,76)/b8-6-,14-12-,20-18-,36-34-,42-40-. The van der Waals surface area contributed by atoms with Crippen molar-refractivity contribution in [3.63, 3.8) is 0 Å². The van der Waals surface area contributed by atoms with Crippen molar-refractivity contribution in [1.82, 2.24) is 5.32 Å². The Bertz CT molecular complexity index is 1850. The molecule has 0 spiro atoms. The minimum atomic E-state index is -1.98. The zero-order valence-corrected chi connectivity index (χ0v) is 54.6. The lowest BCUT2D eigenvalue weighted by atomic mass is 9.96. The molecule has 3 aliphatic rings. The molecule has 0 bridgehead atoms. The number of nitrogens with one attached hydrogen (secondary N) is 1. The molecule has 0 saturated carbocycles. The zero-order chi connectivity index (χ0) is 64.7. The summed E-state index contributed by atoms with van der Waals surface area (Å²) in [4.78, 5) is 13.4. The first-order valence-corrected chi connectivity index (χ1v) is 35.0. The molecule has 3 fully saturated rings. The van der Waals surface area contributed by atoms with Gasteiger partial charge in [-0.2, -0.15) is 0 Å². The van der Waals surface area contributed by atoms with Crippen LogP contribution in [0.4, 0.5) is 0 Å². The van der Waals surface area contributed by atoms with E-state index in [2.05, 4.69) is 73.8 Å².